The highest BCUT2D eigenvalue weighted by Gasteiger charge is 2.02. The van der Waals surface area contributed by atoms with Crippen molar-refractivity contribution in [3.8, 4) is 0 Å². The molecule has 0 radical (unpaired) electrons. The summed E-state index contributed by atoms with van der Waals surface area (Å²) in [6.45, 7) is 0. The minimum Gasteiger partial charge on any atom is -0.293 e. The molecule has 0 spiro atoms. The van der Waals surface area contributed by atoms with E-state index in [4.69, 9.17) is 0 Å². The minimum absolute atomic E-state index is 0. The van der Waals surface area contributed by atoms with Gasteiger partial charge in [-0.15, -0.1) is 17.0 Å². The maximum absolute atomic E-state index is 11.1. The van der Waals surface area contributed by atoms with Crippen molar-refractivity contribution < 1.29 is 4.79 Å². The lowest BCUT2D eigenvalue weighted by Gasteiger charge is -1.95. The van der Waals surface area contributed by atoms with Crippen LogP contribution in [0.2, 0.25) is 0 Å². The molecule has 0 bridgehead atoms. The zero-order valence-electron chi connectivity index (χ0n) is 6.09. The van der Waals surface area contributed by atoms with Crippen molar-refractivity contribution in [3.05, 3.63) is 34.3 Å². The van der Waals surface area contributed by atoms with Gasteiger partial charge in [0.25, 0.3) is 0 Å². The lowest BCUT2D eigenvalue weighted by Crippen LogP contribution is -1.98. The van der Waals surface area contributed by atoms with Gasteiger partial charge in [0.05, 0.1) is 5.33 Å². The third kappa shape index (κ3) is 3.37. The van der Waals surface area contributed by atoms with Gasteiger partial charge in [0.1, 0.15) is 0 Å². The number of carbonyl (C=O) groups excluding carboxylic acids is 1. The number of carbonyl (C=O) groups is 1. The molecule has 1 aromatic carbocycles. The molecule has 0 aliphatic heterocycles. The largest absolute Gasteiger partial charge is 0.293 e. The Bertz CT molecular complexity index is 273. The monoisotopic (exact) mass is 356 g/mol. The fraction of sp³-hybridized carbons (Fsp3) is 0.125. The Balaban J connectivity index is 0.00000121. The highest BCUT2D eigenvalue weighted by molar-refractivity contribution is 9.10. The first-order chi connectivity index (χ1) is 5.24. The number of rotatable bonds is 2. The third-order valence-electron chi connectivity index (χ3n) is 1.27. The van der Waals surface area contributed by atoms with Gasteiger partial charge in [0.2, 0.25) is 0 Å². The van der Waals surface area contributed by atoms with Crippen LogP contribution in [-0.2, 0) is 0 Å². The van der Waals surface area contributed by atoms with Crippen molar-refractivity contribution in [1.82, 2.24) is 0 Å². The van der Waals surface area contributed by atoms with E-state index in [-0.39, 0.29) is 22.8 Å². The highest BCUT2D eigenvalue weighted by Crippen LogP contribution is 2.12. The van der Waals surface area contributed by atoms with E-state index >= 15 is 0 Å². The van der Waals surface area contributed by atoms with Crippen molar-refractivity contribution in [3.63, 3.8) is 0 Å². The molecule has 0 aliphatic rings. The molecule has 0 atom stereocenters. The van der Waals surface area contributed by atoms with Gasteiger partial charge in [-0.25, -0.2) is 0 Å². The van der Waals surface area contributed by atoms with E-state index in [1.165, 1.54) is 0 Å². The smallest absolute Gasteiger partial charge is 0.173 e. The molecular formula is C8H7Br3O. The molecule has 12 heavy (non-hydrogen) atoms. The van der Waals surface area contributed by atoms with E-state index in [1.807, 2.05) is 18.2 Å². The second-order valence-corrected chi connectivity index (χ2v) is 3.54. The molecule has 0 unspecified atom stereocenters. The second-order valence-electron chi connectivity index (χ2n) is 2.07. The van der Waals surface area contributed by atoms with Gasteiger partial charge in [-0.2, -0.15) is 0 Å². The van der Waals surface area contributed by atoms with Crippen molar-refractivity contribution >= 4 is 54.6 Å². The Kier molecular flexibility index (Phi) is 6.05. The van der Waals surface area contributed by atoms with Crippen LogP contribution in [0.5, 0.6) is 0 Å². The third-order valence-corrected chi connectivity index (χ3v) is 2.27. The Morgan fingerprint density at radius 2 is 2.08 bits per heavy atom. The van der Waals surface area contributed by atoms with Gasteiger partial charge in [-0.1, -0.05) is 44.0 Å². The summed E-state index contributed by atoms with van der Waals surface area (Å²) in [5.41, 5.74) is 0.733. The minimum atomic E-state index is 0. The van der Waals surface area contributed by atoms with Gasteiger partial charge >= 0.3 is 0 Å². The average Bonchev–Trinajstić information content (AvgIpc) is 2.03. The zero-order chi connectivity index (χ0) is 8.27. The Hall–Kier alpha value is 0.330. The average molecular weight is 359 g/mol. The lowest BCUT2D eigenvalue weighted by atomic mass is 10.2. The number of Topliss-reactive ketones (excluding diaryl/α,β-unsaturated/α-hetero) is 1. The summed E-state index contributed by atoms with van der Waals surface area (Å²) in [5.74, 6) is 0.103. The molecule has 0 aromatic heterocycles. The van der Waals surface area contributed by atoms with Crippen LogP contribution in [0.4, 0.5) is 0 Å². The fourth-order valence-corrected chi connectivity index (χ4v) is 1.46. The van der Waals surface area contributed by atoms with E-state index in [0.29, 0.717) is 5.33 Å². The van der Waals surface area contributed by atoms with E-state index in [1.54, 1.807) is 6.07 Å². The van der Waals surface area contributed by atoms with Crippen LogP contribution in [-0.4, -0.2) is 11.1 Å². The number of halogens is 3. The standard InChI is InChI=1S/C8H6Br2O.BrH/c9-5-8(11)6-2-1-3-7(10)4-6;/h1-4H,5H2;1H. The topological polar surface area (TPSA) is 17.1 Å². The maximum atomic E-state index is 11.1. The zero-order valence-corrected chi connectivity index (χ0v) is 11.0. The number of benzene rings is 1. The summed E-state index contributed by atoms with van der Waals surface area (Å²) in [6.07, 6.45) is 0. The lowest BCUT2D eigenvalue weighted by molar-refractivity contribution is 0.102. The molecule has 1 aromatic rings. The van der Waals surface area contributed by atoms with Gasteiger partial charge in [-0.3, -0.25) is 4.79 Å². The summed E-state index contributed by atoms with van der Waals surface area (Å²) in [6, 6.07) is 7.35. The Labute approximate surface area is 98.6 Å². The van der Waals surface area contributed by atoms with Crippen molar-refractivity contribution in [2.75, 3.05) is 5.33 Å². The summed E-state index contributed by atoms with van der Waals surface area (Å²) in [5, 5.41) is 0.378. The molecule has 0 saturated carbocycles. The molecule has 1 nitrogen and oxygen atoms in total. The predicted molar refractivity (Wildman–Crippen MR) is 62.6 cm³/mol. The molecule has 66 valence electrons. The number of ketones is 1. The molecule has 0 saturated heterocycles. The van der Waals surface area contributed by atoms with Crippen LogP contribution < -0.4 is 0 Å². The van der Waals surface area contributed by atoms with Gasteiger partial charge in [-0.05, 0) is 12.1 Å². The molecule has 1 rings (SSSR count). The van der Waals surface area contributed by atoms with Crippen LogP contribution in [0.3, 0.4) is 0 Å². The molecular weight excluding hydrogens is 352 g/mol. The van der Waals surface area contributed by atoms with E-state index in [9.17, 15) is 4.79 Å². The molecule has 0 heterocycles. The molecule has 0 fully saturated rings. The first kappa shape index (κ1) is 12.3. The second kappa shape index (κ2) is 5.89. The van der Waals surface area contributed by atoms with Gasteiger partial charge < -0.3 is 0 Å². The molecule has 0 aliphatic carbocycles. The van der Waals surface area contributed by atoms with Crippen LogP contribution in [0.1, 0.15) is 10.4 Å². The Morgan fingerprint density at radius 3 is 2.58 bits per heavy atom. The fourth-order valence-electron chi connectivity index (χ4n) is 0.739. The number of hydrogen-bond donors (Lipinski definition) is 0. The van der Waals surface area contributed by atoms with Crippen molar-refractivity contribution in [1.29, 1.82) is 0 Å². The van der Waals surface area contributed by atoms with Crippen LogP contribution >= 0.6 is 48.8 Å². The van der Waals surface area contributed by atoms with E-state index < -0.39 is 0 Å². The van der Waals surface area contributed by atoms with E-state index in [0.717, 1.165) is 10.0 Å². The maximum Gasteiger partial charge on any atom is 0.173 e. The van der Waals surface area contributed by atoms with Crippen molar-refractivity contribution in [2.24, 2.45) is 0 Å². The summed E-state index contributed by atoms with van der Waals surface area (Å²) in [4.78, 5) is 11.1. The van der Waals surface area contributed by atoms with Crippen LogP contribution in [0.15, 0.2) is 28.7 Å². The quantitative estimate of drug-likeness (QED) is 0.583. The summed E-state index contributed by atoms with van der Waals surface area (Å²) in [7, 11) is 0. The first-order valence-corrected chi connectivity index (χ1v) is 5.00. The highest BCUT2D eigenvalue weighted by atomic mass is 79.9. The van der Waals surface area contributed by atoms with Gasteiger partial charge in [0.15, 0.2) is 5.78 Å². The van der Waals surface area contributed by atoms with Crippen LogP contribution in [0, 0.1) is 0 Å². The predicted octanol–water partition coefficient (Wildman–Crippen LogP) is 3.60. The van der Waals surface area contributed by atoms with Crippen LogP contribution in [0.25, 0.3) is 0 Å². The molecule has 4 heteroatoms. The first-order valence-electron chi connectivity index (χ1n) is 3.09. The Morgan fingerprint density at radius 1 is 1.42 bits per heavy atom. The SMILES string of the molecule is Br.O=C(CBr)c1cccc(Br)c1. The van der Waals surface area contributed by atoms with Gasteiger partial charge in [0, 0.05) is 10.0 Å². The normalized spacial score (nSPS) is 8.83. The molecule has 0 amide bonds. The number of alkyl halides is 1. The van der Waals surface area contributed by atoms with E-state index in [2.05, 4.69) is 31.9 Å². The summed E-state index contributed by atoms with van der Waals surface area (Å²) < 4.78 is 0.935. The summed E-state index contributed by atoms with van der Waals surface area (Å²) >= 11 is 6.40. The van der Waals surface area contributed by atoms with Crippen molar-refractivity contribution in [2.45, 2.75) is 0 Å². The number of hydrogen-bond acceptors (Lipinski definition) is 1. The molecule has 0 N–H and O–H groups in total.